The van der Waals surface area contributed by atoms with E-state index in [9.17, 15) is 34.2 Å². The number of phenols is 1. The van der Waals surface area contributed by atoms with Crippen molar-refractivity contribution in [2.24, 2.45) is 11.7 Å². The van der Waals surface area contributed by atoms with Gasteiger partial charge in [-0.15, -0.1) is 0 Å². The Labute approximate surface area is 224 Å². The second-order valence-electron chi connectivity index (χ2n) is 9.38. The van der Waals surface area contributed by atoms with E-state index in [4.69, 9.17) is 10.8 Å². The standard InChI is InChI=1S/C25H34N6O8/c1-13(2)21(26)24(37)30-18(9-14-3-5-16(32)6-4-14)23(36)29-17(7-8-20(33)34)22(35)31-19(25(38)39)10-15-11-27-12-28-15/h3-6,11-13,17-19,21,32H,7-10,26H2,1-2H3,(H,27,28)(H,29,36)(H,30,37)(H,31,35)(H,33,34)(H,38,39). The van der Waals surface area contributed by atoms with Crippen LogP contribution in [-0.2, 0) is 36.8 Å². The number of benzene rings is 1. The molecule has 14 heteroatoms. The van der Waals surface area contributed by atoms with Crippen molar-refractivity contribution in [2.45, 2.75) is 63.7 Å². The highest BCUT2D eigenvalue weighted by atomic mass is 16.4. The number of phenolic OH excluding ortho intramolecular Hbond substituents is 1. The van der Waals surface area contributed by atoms with E-state index in [2.05, 4.69) is 25.9 Å². The molecule has 0 aliphatic rings. The molecule has 0 fully saturated rings. The molecule has 1 aromatic carbocycles. The van der Waals surface area contributed by atoms with Gasteiger partial charge in [-0.3, -0.25) is 19.2 Å². The summed E-state index contributed by atoms with van der Waals surface area (Å²) in [6.45, 7) is 3.46. The highest BCUT2D eigenvalue weighted by molar-refractivity contribution is 5.94. The fourth-order valence-electron chi connectivity index (χ4n) is 3.55. The summed E-state index contributed by atoms with van der Waals surface area (Å²) in [7, 11) is 0. The van der Waals surface area contributed by atoms with Crippen LogP contribution in [0.25, 0.3) is 0 Å². The topological polar surface area (TPSA) is 237 Å². The van der Waals surface area contributed by atoms with Crippen molar-refractivity contribution in [2.75, 3.05) is 0 Å². The Morgan fingerprint density at radius 1 is 0.897 bits per heavy atom. The summed E-state index contributed by atoms with van der Waals surface area (Å²) >= 11 is 0. The number of imidazole rings is 1. The van der Waals surface area contributed by atoms with E-state index in [0.29, 0.717) is 11.3 Å². The molecule has 2 aromatic rings. The number of aromatic nitrogens is 2. The minimum absolute atomic E-state index is 0.000799. The Hall–Kier alpha value is -4.46. The van der Waals surface area contributed by atoms with Crippen LogP contribution < -0.4 is 21.7 Å². The molecule has 39 heavy (non-hydrogen) atoms. The third-order valence-corrected chi connectivity index (χ3v) is 5.90. The molecule has 9 N–H and O–H groups in total. The van der Waals surface area contributed by atoms with Crippen LogP contribution in [0, 0.1) is 5.92 Å². The number of H-pyrrole nitrogens is 1. The van der Waals surface area contributed by atoms with Crippen LogP contribution in [0.2, 0.25) is 0 Å². The molecule has 0 aliphatic carbocycles. The number of carboxylic acid groups (broad SMARTS) is 2. The molecular formula is C25H34N6O8. The first-order chi connectivity index (χ1) is 18.4. The summed E-state index contributed by atoms with van der Waals surface area (Å²) in [6.07, 6.45) is 1.74. The number of aliphatic carboxylic acids is 2. The van der Waals surface area contributed by atoms with Crippen molar-refractivity contribution >= 4 is 29.7 Å². The van der Waals surface area contributed by atoms with Crippen molar-refractivity contribution in [1.82, 2.24) is 25.9 Å². The summed E-state index contributed by atoms with van der Waals surface area (Å²) in [6, 6.07) is 0.949. The molecule has 1 heterocycles. The van der Waals surface area contributed by atoms with Crippen LogP contribution in [0.15, 0.2) is 36.8 Å². The maximum absolute atomic E-state index is 13.3. The van der Waals surface area contributed by atoms with Gasteiger partial charge in [0.2, 0.25) is 17.7 Å². The van der Waals surface area contributed by atoms with Gasteiger partial charge in [-0.2, -0.15) is 0 Å². The normalized spacial score (nSPS) is 14.1. The fraction of sp³-hybridized carbons (Fsp3) is 0.440. The number of hydrogen-bond acceptors (Lipinski definition) is 8. The number of nitrogens with zero attached hydrogens (tertiary/aromatic N) is 1. The Morgan fingerprint density at radius 2 is 1.49 bits per heavy atom. The van der Waals surface area contributed by atoms with Gasteiger partial charge in [0.25, 0.3) is 0 Å². The van der Waals surface area contributed by atoms with Gasteiger partial charge >= 0.3 is 11.9 Å². The van der Waals surface area contributed by atoms with Gasteiger partial charge in [0.05, 0.1) is 12.4 Å². The number of nitrogens with one attached hydrogen (secondary N) is 4. The molecule has 0 aliphatic heterocycles. The summed E-state index contributed by atoms with van der Waals surface area (Å²) in [4.78, 5) is 68.5. The summed E-state index contributed by atoms with van der Waals surface area (Å²) in [5, 5.41) is 35.6. The average molecular weight is 547 g/mol. The molecule has 4 unspecified atom stereocenters. The van der Waals surface area contributed by atoms with Crippen molar-refractivity contribution in [3.8, 4) is 5.75 Å². The molecule has 2 rings (SSSR count). The summed E-state index contributed by atoms with van der Waals surface area (Å²) < 4.78 is 0. The highest BCUT2D eigenvalue weighted by Crippen LogP contribution is 2.12. The number of carbonyl (C=O) groups is 5. The van der Waals surface area contributed by atoms with E-state index in [0.717, 1.165) is 0 Å². The number of carbonyl (C=O) groups excluding carboxylic acids is 3. The van der Waals surface area contributed by atoms with Crippen LogP contribution in [0.4, 0.5) is 0 Å². The van der Waals surface area contributed by atoms with Crippen molar-refractivity contribution < 1.29 is 39.3 Å². The third kappa shape index (κ3) is 10.1. The van der Waals surface area contributed by atoms with Crippen LogP contribution in [0.3, 0.4) is 0 Å². The molecule has 4 atom stereocenters. The molecule has 3 amide bonds. The lowest BCUT2D eigenvalue weighted by Crippen LogP contribution is -2.58. The van der Waals surface area contributed by atoms with Gasteiger partial charge in [0, 0.05) is 31.2 Å². The zero-order valence-corrected chi connectivity index (χ0v) is 21.6. The van der Waals surface area contributed by atoms with Crippen molar-refractivity contribution in [3.63, 3.8) is 0 Å². The predicted octanol–water partition coefficient (Wildman–Crippen LogP) is -0.712. The Bertz CT molecular complexity index is 1140. The van der Waals surface area contributed by atoms with Gasteiger partial charge < -0.3 is 42.0 Å². The van der Waals surface area contributed by atoms with Gasteiger partial charge in [-0.1, -0.05) is 26.0 Å². The monoisotopic (exact) mass is 546 g/mol. The lowest BCUT2D eigenvalue weighted by atomic mass is 10.0. The SMILES string of the molecule is CC(C)C(N)C(=O)NC(Cc1ccc(O)cc1)C(=O)NC(CCC(=O)O)C(=O)NC(Cc1cnc[nH]1)C(=O)O. The quantitative estimate of drug-likeness (QED) is 0.140. The van der Waals surface area contributed by atoms with E-state index in [1.54, 1.807) is 26.0 Å². The van der Waals surface area contributed by atoms with Crippen molar-refractivity contribution in [3.05, 3.63) is 48.0 Å². The highest BCUT2D eigenvalue weighted by Gasteiger charge is 2.31. The first kappa shape index (κ1) is 30.8. The third-order valence-electron chi connectivity index (χ3n) is 5.90. The van der Waals surface area contributed by atoms with Crippen LogP contribution in [0.1, 0.15) is 37.9 Å². The fourth-order valence-corrected chi connectivity index (χ4v) is 3.55. The van der Waals surface area contributed by atoms with Gasteiger partial charge in [0.1, 0.15) is 23.9 Å². The first-order valence-electron chi connectivity index (χ1n) is 12.2. The maximum atomic E-state index is 13.3. The Kier molecular flexibility index (Phi) is 11.4. The van der Waals surface area contributed by atoms with E-state index < -0.39 is 60.2 Å². The van der Waals surface area contributed by atoms with Crippen molar-refractivity contribution in [1.29, 1.82) is 0 Å². The lowest BCUT2D eigenvalue weighted by Gasteiger charge is -2.25. The summed E-state index contributed by atoms with van der Waals surface area (Å²) in [5.41, 5.74) is 6.93. The molecule has 212 valence electrons. The smallest absolute Gasteiger partial charge is 0.326 e. The zero-order chi connectivity index (χ0) is 29.1. The van der Waals surface area contributed by atoms with Crippen LogP contribution in [0.5, 0.6) is 5.75 Å². The number of aromatic amines is 1. The zero-order valence-electron chi connectivity index (χ0n) is 21.6. The number of aromatic hydroxyl groups is 1. The van der Waals surface area contributed by atoms with Crippen LogP contribution in [-0.4, -0.2) is 79.1 Å². The molecule has 0 saturated carbocycles. The number of carboxylic acids is 2. The van der Waals surface area contributed by atoms with Gasteiger partial charge in [0.15, 0.2) is 0 Å². The molecule has 0 bridgehead atoms. The molecular weight excluding hydrogens is 512 g/mol. The van der Waals surface area contributed by atoms with Crippen LogP contribution >= 0.6 is 0 Å². The largest absolute Gasteiger partial charge is 0.508 e. The first-order valence-corrected chi connectivity index (χ1v) is 12.2. The molecule has 0 radical (unpaired) electrons. The van der Waals surface area contributed by atoms with E-state index in [-0.39, 0.29) is 30.9 Å². The number of rotatable bonds is 15. The summed E-state index contributed by atoms with van der Waals surface area (Å²) in [5.74, 6) is -5.14. The van der Waals surface area contributed by atoms with E-state index >= 15 is 0 Å². The average Bonchev–Trinajstić information content (AvgIpc) is 3.39. The lowest BCUT2D eigenvalue weighted by molar-refractivity contribution is -0.143. The minimum atomic E-state index is -1.42. The van der Waals surface area contributed by atoms with E-state index in [1.807, 2.05) is 0 Å². The molecule has 0 saturated heterocycles. The number of hydrogen-bond donors (Lipinski definition) is 8. The number of amides is 3. The maximum Gasteiger partial charge on any atom is 0.326 e. The predicted molar refractivity (Wildman–Crippen MR) is 137 cm³/mol. The molecule has 14 nitrogen and oxygen atoms in total. The second-order valence-corrected chi connectivity index (χ2v) is 9.38. The number of nitrogens with two attached hydrogens (primary N) is 1. The van der Waals surface area contributed by atoms with Gasteiger partial charge in [-0.05, 0) is 30.0 Å². The second kappa shape index (κ2) is 14.5. The van der Waals surface area contributed by atoms with E-state index in [1.165, 1.54) is 24.7 Å². The Morgan fingerprint density at radius 3 is 2.03 bits per heavy atom. The minimum Gasteiger partial charge on any atom is -0.508 e. The molecule has 0 spiro atoms. The van der Waals surface area contributed by atoms with Gasteiger partial charge in [-0.25, -0.2) is 9.78 Å². The molecule has 1 aromatic heterocycles. The Balaban J connectivity index is 2.25.